The lowest BCUT2D eigenvalue weighted by molar-refractivity contribution is -0.00381. The van der Waals surface area contributed by atoms with Gasteiger partial charge in [0.25, 0.3) is 0 Å². The van der Waals surface area contributed by atoms with E-state index in [0.717, 1.165) is 48.3 Å². The molecule has 0 spiro atoms. The normalized spacial score (nSPS) is 38.6. The zero-order valence-electron chi connectivity index (χ0n) is 12.8. The van der Waals surface area contributed by atoms with Crippen molar-refractivity contribution < 1.29 is 0 Å². The number of nitrogens with zero attached hydrogens (tertiary/aromatic N) is 2. The van der Waals surface area contributed by atoms with Crippen LogP contribution in [-0.4, -0.2) is 9.55 Å². The molecular formula is C17H27N3. The number of hydrogen-bond acceptors (Lipinski definition) is 2. The number of rotatable bonds is 3. The number of imidazole rings is 1. The summed E-state index contributed by atoms with van der Waals surface area (Å²) >= 11 is 0. The molecule has 1 aromatic heterocycles. The summed E-state index contributed by atoms with van der Waals surface area (Å²) in [5.41, 5.74) is 7.73. The maximum atomic E-state index is 6.47. The van der Waals surface area contributed by atoms with E-state index < -0.39 is 0 Å². The van der Waals surface area contributed by atoms with Gasteiger partial charge in [-0.25, -0.2) is 4.98 Å². The minimum Gasteiger partial charge on any atom is -0.384 e. The van der Waals surface area contributed by atoms with E-state index in [0.29, 0.717) is 5.92 Å². The third-order valence-electron chi connectivity index (χ3n) is 6.22. The van der Waals surface area contributed by atoms with E-state index in [1.807, 2.05) is 0 Å². The molecular weight excluding hydrogens is 246 g/mol. The van der Waals surface area contributed by atoms with Crippen molar-refractivity contribution in [1.82, 2.24) is 9.55 Å². The van der Waals surface area contributed by atoms with Crippen molar-refractivity contribution >= 4 is 5.82 Å². The van der Waals surface area contributed by atoms with E-state index in [9.17, 15) is 0 Å². The number of nitrogens with two attached hydrogens (primary N) is 1. The van der Waals surface area contributed by atoms with Crippen LogP contribution in [0.5, 0.6) is 0 Å². The number of aromatic nitrogens is 2. The van der Waals surface area contributed by atoms with E-state index >= 15 is 0 Å². The summed E-state index contributed by atoms with van der Waals surface area (Å²) in [5, 5.41) is 0. The van der Waals surface area contributed by atoms with Gasteiger partial charge in [-0.1, -0.05) is 6.92 Å². The third-order valence-corrected chi connectivity index (χ3v) is 6.22. The van der Waals surface area contributed by atoms with Crippen LogP contribution in [0.4, 0.5) is 5.82 Å². The highest BCUT2D eigenvalue weighted by Crippen LogP contribution is 2.60. The Morgan fingerprint density at radius 3 is 2.25 bits per heavy atom. The van der Waals surface area contributed by atoms with Crippen LogP contribution in [0.1, 0.15) is 62.9 Å². The van der Waals surface area contributed by atoms with Crippen molar-refractivity contribution in [2.45, 2.75) is 64.8 Å². The fourth-order valence-corrected chi connectivity index (χ4v) is 5.73. The molecule has 0 amide bonds. The van der Waals surface area contributed by atoms with Crippen LogP contribution in [0.25, 0.3) is 0 Å². The predicted octanol–water partition coefficient (Wildman–Crippen LogP) is 3.72. The Labute approximate surface area is 122 Å². The van der Waals surface area contributed by atoms with Gasteiger partial charge in [0.05, 0.1) is 5.69 Å². The highest BCUT2D eigenvalue weighted by molar-refractivity contribution is 5.42. The van der Waals surface area contributed by atoms with Gasteiger partial charge in [-0.05, 0) is 69.1 Å². The third kappa shape index (κ3) is 1.74. The lowest BCUT2D eigenvalue weighted by Gasteiger charge is -2.54. The van der Waals surface area contributed by atoms with Gasteiger partial charge in [-0.2, -0.15) is 0 Å². The highest BCUT2D eigenvalue weighted by Gasteiger charge is 2.50. The molecule has 3 nitrogen and oxygen atoms in total. The van der Waals surface area contributed by atoms with Crippen LogP contribution in [0.15, 0.2) is 0 Å². The zero-order valence-corrected chi connectivity index (χ0v) is 12.8. The molecule has 4 aliphatic carbocycles. The lowest BCUT2D eigenvalue weighted by atomic mass is 9.51. The highest BCUT2D eigenvalue weighted by atomic mass is 15.1. The fourth-order valence-electron chi connectivity index (χ4n) is 5.73. The molecule has 4 aliphatic rings. The second kappa shape index (κ2) is 4.51. The van der Waals surface area contributed by atoms with Gasteiger partial charge in [0.1, 0.15) is 11.6 Å². The van der Waals surface area contributed by atoms with E-state index in [1.54, 1.807) is 0 Å². The molecule has 0 radical (unpaired) electrons. The number of nitrogen functional groups attached to an aromatic ring is 1. The summed E-state index contributed by atoms with van der Waals surface area (Å²) in [6.45, 7) is 5.34. The number of hydrogen-bond donors (Lipinski definition) is 1. The summed E-state index contributed by atoms with van der Waals surface area (Å²) in [6.07, 6.45) is 8.40. The average molecular weight is 273 g/mol. The van der Waals surface area contributed by atoms with Gasteiger partial charge in [-0.15, -0.1) is 0 Å². The van der Waals surface area contributed by atoms with Crippen molar-refractivity contribution in [2.75, 3.05) is 5.73 Å². The molecule has 0 unspecified atom stereocenters. The molecule has 4 bridgehead atoms. The van der Waals surface area contributed by atoms with E-state index in [-0.39, 0.29) is 0 Å². The molecule has 0 saturated heterocycles. The molecule has 0 aliphatic heterocycles. The summed E-state index contributed by atoms with van der Waals surface area (Å²) < 4.78 is 2.24. The summed E-state index contributed by atoms with van der Waals surface area (Å²) in [4.78, 5) is 4.91. The quantitative estimate of drug-likeness (QED) is 0.912. The first kappa shape index (κ1) is 12.7. The monoisotopic (exact) mass is 273 g/mol. The topological polar surface area (TPSA) is 43.8 Å². The average Bonchev–Trinajstić information content (AvgIpc) is 2.66. The second-order valence-electron chi connectivity index (χ2n) is 7.54. The van der Waals surface area contributed by atoms with Gasteiger partial charge >= 0.3 is 0 Å². The van der Waals surface area contributed by atoms with Gasteiger partial charge < -0.3 is 10.3 Å². The largest absolute Gasteiger partial charge is 0.384 e. The Balaban J connectivity index is 1.69. The summed E-state index contributed by atoms with van der Waals surface area (Å²) in [5.74, 6) is 6.55. The van der Waals surface area contributed by atoms with Crippen LogP contribution in [0.2, 0.25) is 0 Å². The van der Waals surface area contributed by atoms with Crippen LogP contribution >= 0.6 is 0 Å². The molecule has 4 saturated carbocycles. The van der Waals surface area contributed by atoms with Crippen molar-refractivity contribution in [2.24, 2.45) is 23.7 Å². The maximum Gasteiger partial charge on any atom is 0.127 e. The Bertz CT molecular complexity index is 489. The van der Waals surface area contributed by atoms with Crippen LogP contribution in [0.3, 0.4) is 0 Å². The molecule has 0 aromatic carbocycles. The smallest absolute Gasteiger partial charge is 0.127 e. The van der Waals surface area contributed by atoms with Crippen LogP contribution < -0.4 is 5.73 Å². The molecule has 3 heteroatoms. The van der Waals surface area contributed by atoms with Crippen molar-refractivity contribution in [3.8, 4) is 0 Å². The summed E-state index contributed by atoms with van der Waals surface area (Å²) in [6, 6.07) is 0. The Morgan fingerprint density at radius 1 is 1.10 bits per heavy atom. The minimum atomic E-state index is 0.666. The molecule has 110 valence electrons. The van der Waals surface area contributed by atoms with Crippen molar-refractivity contribution in [1.29, 1.82) is 0 Å². The Kier molecular flexibility index (Phi) is 2.87. The first-order valence-corrected chi connectivity index (χ1v) is 8.49. The van der Waals surface area contributed by atoms with Crippen molar-refractivity contribution in [3.63, 3.8) is 0 Å². The van der Waals surface area contributed by atoms with Crippen LogP contribution in [-0.2, 0) is 6.54 Å². The molecule has 4 fully saturated rings. The van der Waals surface area contributed by atoms with Gasteiger partial charge in [0.2, 0.25) is 0 Å². The maximum absolute atomic E-state index is 6.47. The predicted molar refractivity (Wildman–Crippen MR) is 81.5 cm³/mol. The van der Waals surface area contributed by atoms with Gasteiger partial charge in [-0.3, -0.25) is 0 Å². The fraction of sp³-hybridized carbons (Fsp3) is 0.824. The molecule has 0 atom stereocenters. The molecule has 5 rings (SSSR count). The standard InChI is InChI=1S/C17H27N3/c1-3-4-20-10(2)19-16(17(20)18)15-13-6-11-5-12(8-13)9-14(15)7-11/h11-15H,3-9,18H2,1-2H3. The van der Waals surface area contributed by atoms with Gasteiger partial charge in [0, 0.05) is 12.5 Å². The van der Waals surface area contributed by atoms with Gasteiger partial charge in [0.15, 0.2) is 0 Å². The Morgan fingerprint density at radius 2 is 1.70 bits per heavy atom. The molecule has 1 aromatic rings. The van der Waals surface area contributed by atoms with E-state index in [4.69, 9.17) is 10.7 Å². The lowest BCUT2D eigenvalue weighted by Crippen LogP contribution is -2.44. The molecule has 2 N–H and O–H groups in total. The first-order valence-electron chi connectivity index (χ1n) is 8.49. The number of aryl methyl sites for hydroxylation is 1. The molecule has 1 heterocycles. The Hall–Kier alpha value is -0.990. The van der Waals surface area contributed by atoms with Crippen LogP contribution in [0, 0.1) is 30.6 Å². The van der Waals surface area contributed by atoms with E-state index in [2.05, 4.69) is 18.4 Å². The van der Waals surface area contributed by atoms with Crippen molar-refractivity contribution in [3.05, 3.63) is 11.5 Å². The SMILES string of the molecule is CCCn1c(C)nc(C2C3CC4CC(C3)CC2C4)c1N. The summed E-state index contributed by atoms with van der Waals surface area (Å²) in [7, 11) is 0. The minimum absolute atomic E-state index is 0.666. The molecule has 20 heavy (non-hydrogen) atoms. The first-order chi connectivity index (χ1) is 9.67. The number of anilines is 1. The second-order valence-corrected chi connectivity index (χ2v) is 7.54. The van der Waals surface area contributed by atoms with E-state index in [1.165, 1.54) is 37.8 Å². The zero-order chi connectivity index (χ0) is 13.9.